The summed E-state index contributed by atoms with van der Waals surface area (Å²) in [7, 11) is -3.20. The second-order valence-corrected chi connectivity index (χ2v) is 6.56. The molecule has 2 atom stereocenters. The highest BCUT2D eigenvalue weighted by Crippen LogP contribution is 2.13. The molecule has 1 saturated heterocycles. The van der Waals surface area contributed by atoms with E-state index in [4.69, 9.17) is 5.11 Å². The van der Waals surface area contributed by atoms with E-state index < -0.39 is 28.0 Å². The summed E-state index contributed by atoms with van der Waals surface area (Å²) in [5.41, 5.74) is 6.22. The molecule has 0 aliphatic carbocycles. The van der Waals surface area contributed by atoms with E-state index in [2.05, 4.69) is 10.9 Å². The smallest absolute Gasteiger partial charge is 0.335 e. The lowest BCUT2D eigenvalue weighted by molar-refractivity contribution is 0.0697. The monoisotopic (exact) mass is 286 g/mol. The summed E-state index contributed by atoms with van der Waals surface area (Å²) in [4.78, 5) is 10.7. The number of carbonyl (C=O) groups is 1. The van der Waals surface area contributed by atoms with Crippen molar-refractivity contribution in [1.82, 2.24) is 5.43 Å². The van der Waals surface area contributed by atoms with Crippen molar-refractivity contribution in [3.63, 3.8) is 0 Å². The van der Waals surface area contributed by atoms with Gasteiger partial charge in [0, 0.05) is 5.69 Å². The Morgan fingerprint density at radius 3 is 2.32 bits per heavy atom. The van der Waals surface area contributed by atoms with Gasteiger partial charge in [-0.05, 0) is 24.3 Å². The Hall–Kier alpha value is -1.64. The number of aliphatic hydroxyl groups is 1. The molecule has 0 saturated carbocycles. The van der Waals surface area contributed by atoms with Gasteiger partial charge in [0.15, 0.2) is 9.84 Å². The number of benzene rings is 1. The predicted octanol–water partition coefficient (Wildman–Crippen LogP) is -0.541. The van der Waals surface area contributed by atoms with Gasteiger partial charge in [-0.25, -0.2) is 18.6 Å². The van der Waals surface area contributed by atoms with Gasteiger partial charge in [0.1, 0.15) is 0 Å². The number of aliphatic hydroxyl groups excluding tert-OH is 1. The zero-order chi connectivity index (χ0) is 14.0. The highest BCUT2D eigenvalue weighted by Gasteiger charge is 2.36. The van der Waals surface area contributed by atoms with Crippen molar-refractivity contribution in [3.8, 4) is 0 Å². The third-order valence-electron chi connectivity index (χ3n) is 2.86. The Labute approximate surface area is 110 Å². The standard InChI is InChI=1S/C11H14N2O5S/c14-10-6-19(17,18)5-9(10)13-12-8-3-1-7(2-4-8)11(15)16/h1-4,9-10,12-14H,5-6H2,(H,15,16)/t9-,10+/m1/s1. The first-order valence-electron chi connectivity index (χ1n) is 5.61. The summed E-state index contributed by atoms with van der Waals surface area (Å²) >= 11 is 0. The van der Waals surface area contributed by atoms with Gasteiger partial charge in [-0.2, -0.15) is 0 Å². The molecule has 0 bridgehead atoms. The van der Waals surface area contributed by atoms with Gasteiger partial charge >= 0.3 is 5.97 Å². The number of hydrogen-bond donors (Lipinski definition) is 4. The summed E-state index contributed by atoms with van der Waals surface area (Å²) < 4.78 is 22.6. The fraction of sp³-hybridized carbons (Fsp3) is 0.364. The Balaban J connectivity index is 1.94. The molecule has 1 fully saturated rings. The molecule has 1 aliphatic rings. The SMILES string of the molecule is O=C(O)c1ccc(NN[C@@H]2CS(=O)(=O)C[C@@H]2O)cc1. The van der Waals surface area contributed by atoms with Gasteiger partial charge < -0.3 is 15.6 Å². The number of sulfone groups is 1. The molecule has 1 aliphatic heterocycles. The van der Waals surface area contributed by atoms with E-state index in [9.17, 15) is 18.3 Å². The number of nitrogens with one attached hydrogen (secondary N) is 2. The molecule has 7 nitrogen and oxygen atoms in total. The van der Waals surface area contributed by atoms with Gasteiger partial charge in [-0.3, -0.25) is 0 Å². The summed E-state index contributed by atoms with van der Waals surface area (Å²) in [5, 5.41) is 18.3. The van der Waals surface area contributed by atoms with Gasteiger partial charge in [0.05, 0.1) is 29.2 Å². The second-order valence-electron chi connectivity index (χ2n) is 4.40. The molecule has 0 aromatic heterocycles. The van der Waals surface area contributed by atoms with Gasteiger partial charge in [0.2, 0.25) is 0 Å². The average molecular weight is 286 g/mol. The number of carboxylic acid groups (broad SMARTS) is 1. The van der Waals surface area contributed by atoms with Crippen LogP contribution in [0.2, 0.25) is 0 Å². The first-order valence-corrected chi connectivity index (χ1v) is 7.43. The Kier molecular flexibility index (Phi) is 3.74. The summed E-state index contributed by atoms with van der Waals surface area (Å²) in [6.45, 7) is 0. The fourth-order valence-electron chi connectivity index (χ4n) is 1.84. The number of hydrogen-bond acceptors (Lipinski definition) is 6. The number of rotatable bonds is 4. The first-order chi connectivity index (χ1) is 8.87. The molecular weight excluding hydrogens is 272 g/mol. The van der Waals surface area contributed by atoms with Crippen LogP contribution in [-0.2, 0) is 9.84 Å². The molecular formula is C11H14N2O5S. The van der Waals surface area contributed by atoms with Crippen molar-refractivity contribution in [2.24, 2.45) is 0 Å². The third kappa shape index (κ3) is 3.43. The minimum absolute atomic E-state index is 0.131. The van der Waals surface area contributed by atoms with Crippen LogP contribution in [0.25, 0.3) is 0 Å². The average Bonchev–Trinajstić information content (AvgIpc) is 2.60. The van der Waals surface area contributed by atoms with Crippen LogP contribution in [-0.4, -0.2) is 48.3 Å². The second kappa shape index (κ2) is 5.16. The van der Waals surface area contributed by atoms with Gasteiger partial charge in [-0.15, -0.1) is 0 Å². The lowest BCUT2D eigenvalue weighted by Crippen LogP contribution is -2.42. The molecule has 2 rings (SSSR count). The van der Waals surface area contributed by atoms with Crippen molar-refractivity contribution in [2.45, 2.75) is 12.1 Å². The number of hydrazine groups is 1. The van der Waals surface area contributed by atoms with E-state index in [0.29, 0.717) is 5.69 Å². The Morgan fingerprint density at radius 1 is 1.21 bits per heavy atom. The van der Waals surface area contributed by atoms with E-state index >= 15 is 0 Å². The first kappa shape index (κ1) is 13.8. The number of anilines is 1. The van der Waals surface area contributed by atoms with Gasteiger partial charge in [-0.1, -0.05) is 0 Å². The maximum Gasteiger partial charge on any atom is 0.335 e. The fourth-order valence-corrected chi connectivity index (χ4v) is 3.58. The minimum Gasteiger partial charge on any atom is -0.478 e. The van der Waals surface area contributed by atoms with Crippen LogP contribution in [0.1, 0.15) is 10.4 Å². The van der Waals surface area contributed by atoms with Crippen LogP contribution < -0.4 is 10.9 Å². The highest BCUT2D eigenvalue weighted by molar-refractivity contribution is 7.91. The summed E-state index contributed by atoms with van der Waals surface area (Å²) in [6.07, 6.45) is -0.948. The molecule has 0 spiro atoms. The number of aromatic carboxylic acids is 1. The summed E-state index contributed by atoms with van der Waals surface area (Å²) in [5.74, 6) is -1.39. The van der Waals surface area contributed by atoms with Crippen molar-refractivity contribution in [3.05, 3.63) is 29.8 Å². The molecule has 8 heteroatoms. The minimum atomic E-state index is -3.20. The zero-order valence-corrected chi connectivity index (χ0v) is 10.7. The predicted molar refractivity (Wildman–Crippen MR) is 68.6 cm³/mol. The van der Waals surface area contributed by atoms with Crippen LogP contribution in [0.15, 0.2) is 24.3 Å². The van der Waals surface area contributed by atoms with Crippen LogP contribution in [0.3, 0.4) is 0 Å². The largest absolute Gasteiger partial charge is 0.478 e. The van der Waals surface area contributed by atoms with Gasteiger partial charge in [0.25, 0.3) is 0 Å². The zero-order valence-electron chi connectivity index (χ0n) is 9.91. The molecule has 0 unspecified atom stereocenters. The highest BCUT2D eigenvalue weighted by atomic mass is 32.2. The molecule has 1 heterocycles. The molecule has 104 valence electrons. The molecule has 0 amide bonds. The van der Waals surface area contributed by atoms with E-state index in [1.54, 1.807) is 12.1 Å². The topological polar surface area (TPSA) is 116 Å². The normalized spacial score (nSPS) is 25.1. The molecule has 1 aromatic carbocycles. The lowest BCUT2D eigenvalue weighted by Gasteiger charge is -2.16. The van der Waals surface area contributed by atoms with E-state index in [0.717, 1.165) is 0 Å². The lowest BCUT2D eigenvalue weighted by atomic mass is 10.2. The summed E-state index contributed by atoms with van der Waals surface area (Å²) in [6, 6.07) is 5.37. The van der Waals surface area contributed by atoms with Crippen molar-refractivity contribution < 1.29 is 23.4 Å². The quantitative estimate of drug-likeness (QED) is 0.549. The maximum absolute atomic E-state index is 11.3. The molecule has 4 N–H and O–H groups in total. The molecule has 1 aromatic rings. The van der Waals surface area contributed by atoms with E-state index in [-0.39, 0.29) is 17.1 Å². The van der Waals surface area contributed by atoms with Crippen molar-refractivity contribution in [2.75, 3.05) is 16.9 Å². The Bertz CT molecular complexity index is 569. The van der Waals surface area contributed by atoms with Crippen LogP contribution in [0, 0.1) is 0 Å². The van der Waals surface area contributed by atoms with Crippen LogP contribution >= 0.6 is 0 Å². The van der Waals surface area contributed by atoms with Crippen LogP contribution in [0.4, 0.5) is 5.69 Å². The Morgan fingerprint density at radius 2 is 1.84 bits per heavy atom. The van der Waals surface area contributed by atoms with E-state index in [1.165, 1.54) is 12.1 Å². The molecule has 0 radical (unpaired) electrons. The van der Waals surface area contributed by atoms with Crippen molar-refractivity contribution >= 4 is 21.5 Å². The third-order valence-corrected chi connectivity index (χ3v) is 4.57. The van der Waals surface area contributed by atoms with E-state index in [1.807, 2.05) is 0 Å². The number of carboxylic acids is 1. The maximum atomic E-state index is 11.3. The van der Waals surface area contributed by atoms with Crippen molar-refractivity contribution in [1.29, 1.82) is 0 Å². The van der Waals surface area contributed by atoms with Crippen LogP contribution in [0.5, 0.6) is 0 Å². The molecule has 19 heavy (non-hydrogen) atoms.